The van der Waals surface area contributed by atoms with Crippen molar-refractivity contribution in [3.63, 3.8) is 0 Å². The number of carbonyl (C=O) groups excluding carboxylic acids is 1. The van der Waals surface area contributed by atoms with Gasteiger partial charge in [-0.05, 0) is 35.6 Å². The number of carbonyl (C=O) groups is 1. The van der Waals surface area contributed by atoms with Crippen LogP contribution in [0.5, 0.6) is 0 Å². The Balaban J connectivity index is 2.28. The summed E-state index contributed by atoms with van der Waals surface area (Å²) < 4.78 is 0. The number of fused-ring (bicyclic) bond motifs is 1. The van der Waals surface area contributed by atoms with Gasteiger partial charge in [-0.2, -0.15) is 0 Å². The molecule has 3 aromatic rings. The van der Waals surface area contributed by atoms with Gasteiger partial charge >= 0.3 is 0 Å². The van der Waals surface area contributed by atoms with Gasteiger partial charge in [0.05, 0.1) is 10.9 Å². The number of nitrogens with one attached hydrogen (secondary N) is 1. The van der Waals surface area contributed by atoms with Gasteiger partial charge in [-0.15, -0.1) is 0 Å². The Morgan fingerprint density at radius 2 is 1.88 bits per heavy atom. The van der Waals surface area contributed by atoms with Crippen LogP contribution in [0, 0.1) is 6.92 Å². The molecule has 3 N–H and O–H groups in total. The molecular formula is C20H21N3O2. The van der Waals surface area contributed by atoms with E-state index in [-0.39, 0.29) is 21.9 Å². The van der Waals surface area contributed by atoms with E-state index < -0.39 is 5.91 Å². The molecule has 0 unspecified atom stereocenters. The predicted octanol–water partition coefficient (Wildman–Crippen LogP) is 3.29. The van der Waals surface area contributed by atoms with Crippen molar-refractivity contribution in [1.82, 2.24) is 9.97 Å². The summed E-state index contributed by atoms with van der Waals surface area (Å²) >= 11 is 0. The molecule has 0 radical (unpaired) electrons. The fourth-order valence-corrected chi connectivity index (χ4v) is 2.91. The topological polar surface area (TPSA) is 88.8 Å². The molecule has 0 saturated heterocycles. The summed E-state index contributed by atoms with van der Waals surface area (Å²) in [7, 11) is 0. The highest BCUT2D eigenvalue weighted by Gasteiger charge is 2.17. The van der Waals surface area contributed by atoms with Crippen LogP contribution in [-0.4, -0.2) is 15.9 Å². The molecule has 1 aromatic carbocycles. The average molecular weight is 335 g/mol. The summed E-state index contributed by atoms with van der Waals surface area (Å²) in [4.78, 5) is 31.4. The summed E-state index contributed by atoms with van der Waals surface area (Å²) in [5.41, 5.74) is 9.52. The minimum absolute atomic E-state index is 0.00263. The largest absolute Gasteiger partial charge is 0.364 e. The van der Waals surface area contributed by atoms with Gasteiger partial charge in [0, 0.05) is 23.5 Å². The van der Waals surface area contributed by atoms with Crippen molar-refractivity contribution in [3.8, 4) is 11.3 Å². The number of nitrogens with two attached hydrogens (primary N) is 1. The predicted molar refractivity (Wildman–Crippen MR) is 99.8 cm³/mol. The maximum absolute atomic E-state index is 12.6. The zero-order valence-corrected chi connectivity index (χ0v) is 14.8. The van der Waals surface area contributed by atoms with E-state index in [1.807, 2.05) is 6.92 Å². The number of rotatable bonds is 2. The van der Waals surface area contributed by atoms with E-state index in [2.05, 4.69) is 48.9 Å². The Morgan fingerprint density at radius 3 is 2.52 bits per heavy atom. The smallest absolute Gasteiger partial charge is 0.268 e. The Bertz CT molecular complexity index is 1040. The monoisotopic (exact) mass is 335 g/mol. The van der Waals surface area contributed by atoms with Gasteiger partial charge < -0.3 is 10.7 Å². The molecule has 0 saturated carbocycles. The van der Waals surface area contributed by atoms with Crippen LogP contribution in [0.15, 0.2) is 41.3 Å². The molecule has 25 heavy (non-hydrogen) atoms. The molecule has 0 fully saturated rings. The van der Waals surface area contributed by atoms with Crippen molar-refractivity contribution in [3.05, 3.63) is 63.6 Å². The van der Waals surface area contributed by atoms with Crippen molar-refractivity contribution in [2.75, 3.05) is 0 Å². The number of primary amides is 1. The highest BCUT2D eigenvalue weighted by Crippen LogP contribution is 2.29. The second-order valence-electron chi connectivity index (χ2n) is 7.27. The number of hydrogen-bond donors (Lipinski definition) is 2. The lowest BCUT2D eigenvalue weighted by Gasteiger charge is -2.21. The van der Waals surface area contributed by atoms with E-state index in [1.54, 1.807) is 6.07 Å². The van der Waals surface area contributed by atoms with E-state index >= 15 is 0 Å². The quantitative estimate of drug-likeness (QED) is 0.753. The molecule has 2 heterocycles. The van der Waals surface area contributed by atoms with Crippen molar-refractivity contribution >= 4 is 16.8 Å². The van der Waals surface area contributed by atoms with Crippen LogP contribution in [0.4, 0.5) is 0 Å². The third kappa shape index (κ3) is 3.05. The van der Waals surface area contributed by atoms with Crippen LogP contribution in [0.1, 0.15) is 42.4 Å². The number of aromatic amines is 1. The molecule has 0 bridgehead atoms. The average Bonchev–Trinajstić information content (AvgIpc) is 2.53. The van der Waals surface area contributed by atoms with Crippen molar-refractivity contribution in [2.45, 2.75) is 33.1 Å². The first-order chi connectivity index (χ1) is 11.7. The van der Waals surface area contributed by atoms with E-state index in [0.29, 0.717) is 11.2 Å². The zero-order valence-electron chi connectivity index (χ0n) is 14.8. The highest BCUT2D eigenvalue weighted by atomic mass is 16.1. The molecule has 0 aliphatic carbocycles. The number of aryl methyl sites for hydroxylation is 1. The van der Waals surface area contributed by atoms with Crippen LogP contribution < -0.4 is 11.2 Å². The fraction of sp³-hybridized carbons (Fsp3) is 0.250. The van der Waals surface area contributed by atoms with Gasteiger partial charge in [-0.25, -0.2) is 0 Å². The van der Waals surface area contributed by atoms with E-state index in [1.165, 1.54) is 17.8 Å². The third-order valence-electron chi connectivity index (χ3n) is 4.37. The first-order valence-corrected chi connectivity index (χ1v) is 8.12. The summed E-state index contributed by atoms with van der Waals surface area (Å²) in [6, 6.07) is 9.44. The number of benzene rings is 1. The molecule has 1 amide bonds. The first kappa shape index (κ1) is 16.9. The lowest BCUT2D eigenvalue weighted by molar-refractivity contribution is 0.0997. The first-order valence-electron chi connectivity index (χ1n) is 8.12. The molecule has 0 atom stereocenters. The normalized spacial score (nSPS) is 11.7. The van der Waals surface area contributed by atoms with Gasteiger partial charge in [0.15, 0.2) is 5.43 Å². The van der Waals surface area contributed by atoms with Gasteiger partial charge in [-0.1, -0.05) is 32.9 Å². The van der Waals surface area contributed by atoms with E-state index in [0.717, 1.165) is 11.1 Å². The van der Waals surface area contributed by atoms with Crippen molar-refractivity contribution in [2.24, 2.45) is 5.73 Å². The lowest BCUT2D eigenvalue weighted by Crippen LogP contribution is -2.17. The molecule has 5 nitrogen and oxygen atoms in total. The van der Waals surface area contributed by atoms with Crippen LogP contribution in [0.25, 0.3) is 22.2 Å². The minimum atomic E-state index is -0.713. The second kappa shape index (κ2) is 5.84. The van der Waals surface area contributed by atoms with Crippen LogP contribution in [-0.2, 0) is 5.41 Å². The lowest BCUT2D eigenvalue weighted by atomic mass is 9.85. The Labute approximate surface area is 145 Å². The number of aromatic nitrogens is 2. The minimum Gasteiger partial charge on any atom is -0.364 e. The number of amides is 1. The highest BCUT2D eigenvalue weighted by molar-refractivity contribution is 6.03. The van der Waals surface area contributed by atoms with Crippen molar-refractivity contribution < 1.29 is 4.79 Å². The Kier molecular flexibility index (Phi) is 3.95. The zero-order chi connectivity index (χ0) is 18.4. The molecule has 5 heteroatoms. The number of nitrogens with zero attached hydrogens (tertiary/aromatic N) is 1. The van der Waals surface area contributed by atoms with Gasteiger partial charge in [-0.3, -0.25) is 14.6 Å². The van der Waals surface area contributed by atoms with E-state index in [9.17, 15) is 9.59 Å². The molecule has 3 rings (SSSR count). The number of H-pyrrole nitrogens is 1. The molecule has 0 aliphatic rings. The fourth-order valence-electron chi connectivity index (χ4n) is 2.91. The molecule has 0 spiro atoms. The molecule has 0 aliphatic heterocycles. The summed E-state index contributed by atoms with van der Waals surface area (Å²) in [5.74, 6) is -0.713. The SMILES string of the molecule is Cc1ccc(C(C)(C)C)cc1-c1cc(=O)c2c(C(N)=O)nccc2[nH]1. The summed E-state index contributed by atoms with van der Waals surface area (Å²) in [6.45, 7) is 8.45. The maximum atomic E-state index is 12.6. The van der Waals surface area contributed by atoms with Crippen molar-refractivity contribution in [1.29, 1.82) is 0 Å². The van der Waals surface area contributed by atoms with Gasteiger partial charge in [0.2, 0.25) is 0 Å². The third-order valence-corrected chi connectivity index (χ3v) is 4.37. The Hall–Kier alpha value is -2.95. The summed E-state index contributed by atoms with van der Waals surface area (Å²) in [5, 5.41) is 0.225. The maximum Gasteiger partial charge on any atom is 0.268 e. The van der Waals surface area contributed by atoms with Crippen LogP contribution >= 0.6 is 0 Å². The molecular weight excluding hydrogens is 314 g/mol. The number of pyridine rings is 2. The van der Waals surface area contributed by atoms with Gasteiger partial charge in [0.25, 0.3) is 5.91 Å². The van der Waals surface area contributed by atoms with E-state index in [4.69, 9.17) is 5.73 Å². The molecule has 2 aromatic heterocycles. The summed E-state index contributed by atoms with van der Waals surface area (Å²) in [6.07, 6.45) is 1.47. The second-order valence-corrected chi connectivity index (χ2v) is 7.27. The number of hydrogen-bond acceptors (Lipinski definition) is 3. The Morgan fingerprint density at radius 1 is 1.16 bits per heavy atom. The van der Waals surface area contributed by atoms with Gasteiger partial charge in [0.1, 0.15) is 5.69 Å². The van der Waals surface area contributed by atoms with Crippen LogP contribution in [0.2, 0.25) is 0 Å². The van der Waals surface area contributed by atoms with Crippen LogP contribution in [0.3, 0.4) is 0 Å². The molecule has 128 valence electrons. The standard InChI is InChI=1S/C20H21N3O2/c1-11-5-6-12(20(2,3)4)9-13(11)15-10-16(24)17-14(23-15)7-8-22-18(17)19(21)25/h5-10H,1-4H3,(H2,21,25)(H,23,24).